The number of nitrogens with zero attached hydrogens (tertiary/aromatic N) is 2. The number of rotatable bonds is 1. The molecule has 0 aromatic carbocycles. The molecule has 3 rings (SSSR count). The second-order valence-corrected chi connectivity index (χ2v) is 4.66. The molecule has 0 saturated carbocycles. The number of hydrogen-bond donors (Lipinski definition) is 1. The van der Waals surface area contributed by atoms with Crippen LogP contribution in [0.25, 0.3) is 0 Å². The van der Waals surface area contributed by atoms with Crippen LogP contribution >= 0.6 is 0 Å². The number of hydrogen-bond acceptors (Lipinski definition) is 3. The summed E-state index contributed by atoms with van der Waals surface area (Å²) in [6, 6.07) is 1.71. The van der Waals surface area contributed by atoms with Gasteiger partial charge in [0.15, 0.2) is 0 Å². The molecule has 2 fully saturated rings. The number of carbonyl (C=O) groups is 1. The molecule has 3 atom stereocenters. The maximum atomic E-state index is 12.0. The van der Waals surface area contributed by atoms with Gasteiger partial charge in [-0.15, -0.1) is 0 Å². The number of aromatic amines is 1. The highest BCUT2D eigenvalue weighted by Crippen LogP contribution is 2.33. The fraction of sp³-hybridized carbons (Fsp3) is 0.636. The third-order valence-electron chi connectivity index (χ3n) is 3.44. The molecule has 5 nitrogen and oxygen atoms in total. The summed E-state index contributed by atoms with van der Waals surface area (Å²) in [5.41, 5.74) is 0.563. The van der Waals surface area contributed by atoms with Gasteiger partial charge in [-0.25, -0.2) is 0 Å². The van der Waals surface area contributed by atoms with Gasteiger partial charge in [0.2, 0.25) is 0 Å². The molecule has 0 unspecified atom stereocenters. The van der Waals surface area contributed by atoms with Crippen molar-refractivity contribution in [1.29, 1.82) is 0 Å². The van der Waals surface area contributed by atoms with Gasteiger partial charge < -0.3 is 9.64 Å². The Bertz CT molecular complexity index is 376. The van der Waals surface area contributed by atoms with E-state index in [9.17, 15) is 4.79 Å². The lowest BCUT2D eigenvalue weighted by Gasteiger charge is -2.17. The normalized spacial score (nSPS) is 33.1. The minimum atomic E-state index is 0.0307. The van der Waals surface area contributed by atoms with Gasteiger partial charge in [0.1, 0.15) is 5.69 Å². The zero-order chi connectivity index (χ0) is 11.1. The molecule has 0 radical (unpaired) electrons. The Hall–Kier alpha value is -1.36. The lowest BCUT2D eigenvalue weighted by Crippen LogP contribution is -2.31. The Morgan fingerprint density at radius 2 is 2.50 bits per heavy atom. The zero-order valence-corrected chi connectivity index (χ0v) is 9.22. The average molecular weight is 221 g/mol. The van der Waals surface area contributed by atoms with Crippen LogP contribution in [-0.2, 0) is 4.74 Å². The highest BCUT2D eigenvalue weighted by molar-refractivity contribution is 5.92. The zero-order valence-electron chi connectivity index (χ0n) is 9.22. The molecule has 3 heterocycles. The van der Waals surface area contributed by atoms with Crippen molar-refractivity contribution in [3.8, 4) is 0 Å². The first-order valence-electron chi connectivity index (χ1n) is 5.68. The second-order valence-electron chi connectivity index (χ2n) is 4.66. The monoisotopic (exact) mass is 221 g/mol. The van der Waals surface area contributed by atoms with E-state index in [4.69, 9.17) is 4.74 Å². The van der Waals surface area contributed by atoms with Crippen molar-refractivity contribution in [2.75, 3.05) is 13.1 Å². The molecule has 1 N–H and O–H groups in total. The number of H-pyrrole nitrogens is 1. The Balaban J connectivity index is 1.69. The fourth-order valence-corrected chi connectivity index (χ4v) is 2.71. The van der Waals surface area contributed by atoms with Gasteiger partial charge in [-0.1, -0.05) is 0 Å². The van der Waals surface area contributed by atoms with Crippen LogP contribution in [0.4, 0.5) is 0 Å². The quantitative estimate of drug-likeness (QED) is 0.757. The molecule has 1 aromatic rings. The van der Waals surface area contributed by atoms with Crippen LogP contribution < -0.4 is 0 Å². The van der Waals surface area contributed by atoms with Gasteiger partial charge >= 0.3 is 0 Å². The van der Waals surface area contributed by atoms with Gasteiger partial charge in [-0.3, -0.25) is 9.89 Å². The predicted molar refractivity (Wildman–Crippen MR) is 56.9 cm³/mol. The molecular weight excluding hydrogens is 206 g/mol. The number of likely N-dealkylation sites (tertiary alicyclic amines) is 1. The molecule has 16 heavy (non-hydrogen) atoms. The van der Waals surface area contributed by atoms with Gasteiger partial charge in [0, 0.05) is 25.2 Å². The number of carbonyl (C=O) groups excluding carboxylic acids is 1. The van der Waals surface area contributed by atoms with Crippen LogP contribution in [0.1, 0.15) is 23.8 Å². The summed E-state index contributed by atoms with van der Waals surface area (Å²) in [6.07, 6.45) is 3.25. The Morgan fingerprint density at radius 3 is 3.19 bits per heavy atom. The number of amides is 1. The Kier molecular flexibility index (Phi) is 2.21. The van der Waals surface area contributed by atoms with Crippen molar-refractivity contribution in [2.24, 2.45) is 5.92 Å². The Morgan fingerprint density at radius 1 is 1.62 bits per heavy atom. The van der Waals surface area contributed by atoms with E-state index in [2.05, 4.69) is 17.1 Å². The molecule has 0 aliphatic carbocycles. The molecule has 2 saturated heterocycles. The fourth-order valence-electron chi connectivity index (χ4n) is 2.71. The van der Waals surface area contributed by atoms with E-state index in [1.165, 1.54) is 0 Å². The summed E-state index contributed by atoms with van der Waals surface area (Å²) in [5, 5.41) is 6.50. The third kappa shape index (κ3) is 1.51. The highest BCUT2D eigenvalue weighted by atomic mass is 16.5. The van der Waals surface area contributed by atoms with Crippen LogP contribution in [0, 0.1) is 5.92 Å². The summed E-state index contributed by atoms with van der Waals surface area (Å²) in [5.74, 6) is 0.546. The minimum Gasteiger partial charge on any atom is -0.373 e. The van der Waals surface area contributed by atoms with Crippen LogP contribution in [0.2, 0.25) is 0 Å². The summed E-state index contributed by atoms with van der Waals surface area (Å²) < 4.78 is 5.76. The molecule has 86 valence electrons. The number of nitrogens with one attached hydrogen (secondary N) is 1. The second kappa shape index (κ2) is 3.59. The summed E-state index contributed by atoms with van der Waals surface area (Å²) >= 11 is 0. The molecule has 5 heteroatoms. The molecule has 0 spiro atoms. The van der Waals surface area contributed by atoms with Crippen LogP contribution in [0.5, 0.6) is 0 Å². The van der Waals surface area contributed by atoms with Crippen LogP contribution in [0.3, 0.4) is 0 Å². The largest absolute Gasteiger partial charge is 0.373 e. The van der Waals surface area contributed by atoms with E-state index in [1.807, 2.05) is 4.90 Å². The summed E-state index contributed by atoms with van der Waals surface area (Å²) in [7, 11) is 0. The van der Waals surface area contributed by atoms with E-state index in [0.717, 1.165) is 13.0 Å². The van der Waals surface area contributed by atoms with Gasteiger partial charge in [-0.2, -0.15) is 5.10 Å². The standard InChI is InChI=1S/C11H15N3O2/c1-7-4-8-5-14(6-10(8)16-7)11(15)9-2-3-12-13-9/h2-3,7-8,10H,4-6H2,1H3,(H,12,13)/t7-,8+,10-/m0/s1. The van der Waals surface area contributed by atoms with E-state index < -0.39 is 0 Å². The highest BCUT2D eigenvalue weighted by Gasteiger charge is 2.42. The SMILES string of the molecule is C[C@H]1C[C@@H]2CN(C(=O)c3ccn[nH]3)C[C@@H]2O1. The summed E-state index contributed by atoms with van der Waals surface area (Å²) in [6.45, 7) is 3.62. The van der Waals surface area contributed by atoms with E-state index in [0.29, 0.717) is 24.3 Å². The van der Waals surface area contributed by atoms with Crippen molar-refractivity contribution in [3.05, 3.63) is 18.0 Å². The molecule has 1 amide bonds. The van der Waals surface area contributed by atoms with Gasteiger partial charge in [0.05, 0.1) is 12.2 Å². The molecule has 1 aromatic heterocycles. The molecule has 0 bridgehead atoms. The van der Waals surface area contributed by atoms with E-state index in [1.54, 1.807) is 12.3 Å². The smallest absolute Gasteiger partial charge is 0.271 e. The number of fused-ring (bicyclic) bond motifs is 1. The maximum absolute atomic E-state index is 12.0. The van der Waals surface area contributed by atoms with Gasteiger partial charge in [-0.05, 0) is 19.4 Å². The predicted octanol–water partition coefficient (Wildman–Crippen LogP) is 0.659. The number of aromatic nitrogens is 2. The van der Waals surface area contributed by atoms with Crippen LogP contribution in [0.15, 0.2) is 12.3 Å². The van der Waals surface area contributed by atoms with E-state index in [-0.39, 0.29) is 12.0 Å². The Labute approximate surface area is 93.8 Å². The molecular formula is C11H15N3O2. The van der Waals surface area contributed by atoms with Gasteiger partial charge in [0.25, 0.3) is 5.91 Å². The van der Waals surface area contributed by atoms with Crippen molar-refractivity contribution < 1.29 is 9.53 Å². The van der Waals surface area contributed by atoms with Crippen LogP contribution in [-0.4, -0.2) is 46.3 Å². The van der Waals surface area contributed by atoms with E-state index >= 15 is 0 Å². The first kappa shape index (κ1) is 9.84. The van der Waals surface area contributed by atoms with Crippen molar-refractivity contribution in [2.45, 2.75) is 25.6 Å². The first-order chi connectivity index (χ1) is 7.74. The van der Waals surface area contributed by atoms with Crippen molar-refractivity contribution >= 4 is 5.91 Å². The molecule has 2 aliphatic rings. The number of ether oxygens (including phenoxy) is 1. The van der Waals surface area contributed by atoms with Crippen molar-refractivity contribution in [3.63, 3.8) is 0 Å². The summed E-state index contributed by atoms with van der Waals surface area (Å²) in [4.78, 5) is 13.9. The first-order valence-corrected chi connectivity index (χ1v) is 5.68. The van der Waals surface area contributed by atoms with Crippen molar-refractivity contribution in [1.82, 2.24) is 15.1 Å². The lowest BCUT2D eigenvalue weighted by molar-refractivity contribution is 0.0441. The average Bonchev–Trinajstić information content (AvgIpc) is 2.89. The topological polar surface area (TPSA) is 58.2 Å². The lowest BCUT2D eigenvalue weighted by atomic mass is 10.0. The maximum Gasteiger partial charge on any atom is 0.271 e. The molecule has 2 aliphatic heterocycles. The minimum absolute atomic E-state index is 0.0307. The third-order valence-corrected chi connectivity index (χ3v) is 3.44.